The van der Waals surface area contributed by atoms with Gasteiger partial charge in [-0.05, 0) is 12.0 Å². The molecular weight excluding hydrogens is 314 g/mol. The summed E-state index contributed by atoms with van der Waals surface area (Å²) in [6.45, 7) is 6.52. The van der Waals surface area contributed by atoms with Gasteiger partial charge in [0.25, 0.3) is 0 Å². The number of hydrogen-bond acceptors (Lipinski definition) is 4. The Morgan fingerprint density at radius 3 is 2.35 bits per heavy atom. The Morgan fingerprint density at radius 2 is 1.78 bits per heavy atom. The van der Waals surface area contributed by atoms with Crippen LogP contribution in [0.4, 0.5) is 0 Å². The molecule has 0 unspecified atom stereocenters. The summed E-state index contributed by atoms with van der Waals surface area (Å²) < 4.78 is 28.1. The third-order valence-corrected chi connectivity index (χ3v) is 5.71. The van der Waals surface area contributed by atoms with Gasteiger partial charge in [-0.2, -0.15) is 12.7 Å². The van der Waals surface area contributed by atoms with Gasteiger partial charge in [-0.1, -0.05) is 44.2 Å². The number of nitrogens with zero attached hydrogens (tertiary/aromatic N) is 2. The molecule has 1 heterocycles. The number of benzene rings is 1. The van der Waals surface area contributed by atoms with Crippen LogP contribution in [-0.4, -0.2) is 49.7 Å². The molecule has 7 heteroatoms. The third kappa shape index (κ3) is 5.02. The van der Waals surface area contributed by atoms with Crippen molar-refractivity contribution in [2.24, 2.45) is 5.92 Å². The molecule has 23 heavy (non-hydrogen) atoms. The highest BCUT2D eigenvalue weighted by Gasteiger charge is 2.29. The predicted octanol–water partition coefficient (Wildman–Crippen LogP) is 1.21. The number of piperazine rings is 1. The van der Waals surface area contributed by atoms with Gasteiger partial charge in [0.2, 0.25) is 5.91 Å². The van der Waals surface area contributed by atoms with Gasteiger partial charge < -0.3 is 0 Å². The molecule has 1 N–H and O–H groups in total. The molecule has 0 aliphatic carbocycles. The van der Waals surface area contributed by atoms with Crippen molar-refractivity contribution in [1.82, 2.24) is 13.9 Å². The fourth-order valence-electron chi connectivity index (χ4n) is 2.45. The van der Waals surface area contributed by atoms with E-state index in [2.05, 4.69) is 21.8 Å². The van der Waals surface area contributed by atoms with E-state index in [0.29, 0.717) is 32.6 Å². The zero-order valence-electron chi connectivity index (χ0n) is 13.7. The van der Waals surface area contributed by atoms with Crippen molar-refractivity contribution in [2.45, 2.75) is 26.8 Å². The van der Waals surface area contributed by atoms with E-state index >= 15 is 0 Å². The highest BCUT2D eigenvalue weighted by molar-refractivity contribution is 7.87. The molecule has 0 spiro atoms. The van der Waals surface area contributed by atoms with E-state index in [1.54, 1.807) is 6.92 Å². The number of amides is 1. The Kier molecular flexibility index (Phi) is 6.15. The summed E-state index contributed by atoms with van der Waals surface area (Å²) in [5, 5.41) is 0. The molecule has 2 rings (SSSR count). The van der Waals surface area contributed by atoms with Gasteiger partial charge in [0.15, 0.2) is 0 Å². The van der Waals surface area contributed by atoms with Crippen LogP contribution in [0.3, 0.4) is 0 Å². The summed E-state index contributed by atoms with van der Waals surface area (Å²) in [6.07, 6.45) is 0.617. The zero-order valence-corrected chi connectivity index (χ0v) is 14.6. The molecule has 0 aromatic heterocycles. The van der Waals surface area contributed by atoms with Crippen LogP contribution >= 0.6 is 0 Å². The van der Waals surface area contributed by atoms with Crippen LogP contribution in [0.2, 0.25) is 0 Å². The number of carbonyl (C=O) groups excluding carboxylic acids is 1. The van der Waals surface area contributed by atoms with E-state index in [1.165, 1.54) is 9.87 Å². The first kappa shape index (κ1) is 17.9. The summed E-state index contributed by atoms with van der Waals surface area (Å²) in [7, 11) is -3.73. The number of hydrogen-bond donors (Lipinski definition) is 1. The summed E-state index contributed by atoms with van der Waals surface area (Å²) in [6, 6.07) is 10.1. The van der Waals surface area contributed by atoms with Gasteiger partial charge in [-0.3, -0.25) is 9.69 Å². The molecule has 1 atom stereocenters. The fraction of sp³-hybridized carbons (Fsp3) is 0.562. The SMILES string of the molecule is CC[C@H](C)C(=O)NS(=O)(=O)N1CCN(Cc2ccccc2)CC1. The monoisotopic (exact) mass is 339 g/mol. The predicted molar refractivity (Wildman–Crippen MR) is 89.8 cm³/mol. The van der Waals surface area contributed by atoms with Crippen LogP contribution in [-0.2, 0) is 21.5 Å². The number of carbonyl (C=O) groups is 1. The second-order valence-electron chi connectivity index (χ2n) is 5.94. The van der Waals surface area contributed by atoms with E-state index in [4.69, 9.17) is 0 Å². The Hall–Kier alpha value is -1.44. The molecule has 6 nitrogen and oxygen atoms in total. The average Bonchev–Trinajstić information content (AvgIpc) is 2.55. The summed E-state index contributed by atoms with van der Waals surface area (Å²) >= 11 is 0. The van der Waals surface area contributed by atoms with E-state index in [0.717, 1.165) is 6.54 Å². The molecular formula is C16H25N3O3S. The van der Waals surface area contributed by atoms with Crippen molar-refractivity contribution in [3.05, 3.63) is 35.9 Å². The zero-order chi connectivity index (χ0) is 16.9. The maximum absolute atomic E-state index is 12.3. The first-order valence-electron chi connectivity index (χ1n) is 8.00. The molecule has 0 saturated carbocycles. The first-order chi connectivity index (χ1) is 10.9. The minimum atomic E-state index is -3.73. The standard InChI is InChI=1S/C16H25N3O3S/c1-3-14(2)16(20)17-23(21,22)19-11-9-18(10-12-19)13-15-7-5-4-6-8-15/h4-8,14H,3,9-13H2,1-2H3,(H,17,20)/t14-/m0/s1. The molecule has 1 amide bonds. The maximum Gasteiger partial charge on any atom is 0.303 e. The van der Waals surface area contributed by atoms with E-state index in [9.17, 15) is 13.2 Å². The minimum absolute atomic E-state index is 0.302. The smallest absolute Gasteiger partial charge is 0.296 e. The third-order valence-electron chi connectivity index (χ3n) is 4.21. The van der Waals surface area contributed by atoms with Crippen molar-refractivity contribution in [3.8, 4) is 0 Å². The minimum Gasteiger partial charge on any atom is -0.296 e. The number of rotatable bonds is 6. The molecule has 1 aliphatic heterocycles. The van der Waals surface area contributed by atoms with Crippen LogP contribution in [0.25, 0.3) is 0 Å². The van der Waals surface area contributed by atoms with Crippen LogP contribution in [0, 0.1) is 5.92 Å². The van der Waals surface area contributed by atoms with E-state index in [-0.39, 0.29) is 5.92 Å². The largest absolute Gasteiger partial charge is 0.303 e. The highest BCUT2D eigenvalue weighted by atomic mass is 32.2. The molecule has 1 saturated heterocycles. The second-order valence-corrected chi connectivity index (χ2v) is 7.61. The topological polar surface area (TPSA) is 69.7 Å². The van der Waals surface area contributed by atoms with Crippen LogP contribution in [0.15, 0.2) is 30.3 Å². The lowest BCUT2D eigenvalue weighted by atomic mass is 10.1. The van der Waals surface area contributed by atoms with E-state index < -0.39 is 16.1 Å². The van der Waals surface area contributed by atoms with Crippen LogP contribution in [0.1, 0.15) is 25.8 Å². The Labute approximate surface area is 138 Å². The van der Waals surface area contributed by atoms with Crippen molar-refractivity contribution >= 4 is 16.1 Å². The molecule has 0 bridgehead atoms. The van der Waals surface area contributed by atoms with Gasteiger partial charge in [-0.25, -0.2) is 4.72 Å². The summed E-state index contributed by atoms with van der Waals surface area (Å²) in [5.74, 6) is -0.733. The fourth-order valence-corrected chi connectivity index (χ4v) is 3.68. The molecule has 1 aliphatic rings. The van der Waals surface area contributed by atoms with Crippen molar-refractivity contribution in [2.75, 3.05) is 26.2 Å². The Morgan fingerprint density at radius 1 is 1.17 bits per heavy atom. The normalized spacial score (nSPS) is 18.5. The lowest BCUT2D eigenvalue weighted by molar-refractivity contribution is -0.122. The molecule has 128 valence electrons. The number of nitrogens with one attached hydrogen (secondary N) is 1. The quantitative estimate of drug-likeness (QED) is 0.846. The first-order valence-corrected chi connectivity index (χ1v) is 9.44. The highest BCUT2D eigenvalue weighted by Crippen LogP contribution is 2.11. The Bertz CT molecular complexity index is 611. The summed E-state index contributed by atoms with van der Waals surface area (Å²) in [5.41, 5.74) is 1.22. The van der Waals surface area contributed by atoms with E-state index in [1.807, 2.05) is 25.1 Å². The summed E-state index contributed by atoms with van der Waals surface area (Å²) in [4.78, 5) is 14.0. The van der Waals surface area contributed by atoms with Gasteiger partial charge in [0.05, 0.1) is 0 Å². The second kappa shape index (κ2) is 7.90. The van der Waals surface area contributed by atoms with Gasteiger partial charge in [0, 0.05) is 38.6 Å². The van der Waals surface area contributed by atoms with Crippen molar-refractivity contribution in [3.63, 3.8) is 0 Å². The van der Waals surface area contributed by atoms with Crippen molar-refractivity contribution < 1.29 is 13.2 Å². The van der Waals surface area contributed by atoms with Gasteiger partial charge in [-0.15, -0.1) is 0 Å². The molecule has 0 radical (unpaired) electrons. The van der Waals surface area contributed by atoms with Gasteiger partial charge in [0.1, 0.15) is 0 Å². The average molecular weight is 339 g/mol. The lowest BCUT2D eigenvalue weighted by Crippen LogP contribution is -2.53. The van der Waals surface area contributed by atoms with Crippen molar-refractivity contribution in [1.29, 1.82) is 0 Å². The lowest BCUT2D eigenvalue weighted by Gasteiger charge is -2.33. The van der Waals surface area contributed by atoms with Crippen LogP contribution < -0.4 is 4.72 Å². The molecule has 1 fully saturated rings. The van der Waals surface area contributed by atoms with Gasteiger partial charge >= 0.3 is 10.2 Å². The molecule has 1 aromatic carbocycles. The molecule has 1 aromatic rings. The van der Waals surface area contributed by atoms with Crippen LogP contribution in [0.5, 0.6) is 0 Å². The Balaban J connectivity index is 1.87. The maximum atomic E-state index is 12.3.